The van der Waals surface area contributed by atoms with Gasteiger partial charge in [0.1, 0.15) is 5.82 Å². The van der Waals surface area contributed by atoms with Crippen molar-refractivity contribution in [3.8, 4) is 0 Å². The van der Waals surface area contributed by atoms with Gasteiger partial charge in [0.15, 0.2) is 0 Å². The highest BCUT2D eigenvalue weighted by atomic mass is 79.9. The minimum Gasteiger partial charge on any atom is -0.306 e. The predicted molar refractivity (Wildman–Crippen MR) is 93.8 cm³/mol. The van der Waals surface area contributed by atoms with Crippen molar-refractivity contribution in [2.24, 2.45) is 0 Å². The van der Waals surface area contributed by atoms with Crippen molar-refractivity contribution < 1.29 is 4.39 Å². The standard InChI is InChI=1S/C15H12Br2Cl2FN/c1-2-21-15(9-4-3-8(18)7-12(9)17)10-5-6-11(16)13(19)14(10)20/h3-7,15,21H,2H2,1H3. The molecule has 1 N–H and O–H groups in total. The number of hydrogen-bond acceptors (Lipinski definition) is 1. The van der Waals surface area contributed by atoms with E-state index in [4.69, 9.17) is 23.2 Å². The zero-order chi connectivity index (χ0) is 15.6. The molecule has 0 aliphatic carbocycles. The molecule has 1 unspecified atom stereocenters. The lowest BCUT2D eigenvalue weighted by atomic mass is 9.98. The predicted octanol–water partition coefficient (Wildman–Crippen LogP) is 6.36. The van der Waals surface area contributed by atoms with Crippen LogP contribution in [0.15, 0.2) is 39.3 Å². The fraction of sp³-hybridized carbons (Fsp3) is 0.200. The Hall–Kier alpha value is -0.130. The van der Waals surface area contributed by atoms with E-state index in [0.29, 0.717) is 21.6 Å². The smallest absolute Gasteiger partial charge is 0.148 e. The maximum atomic E-state index is 14.5. The Morgan fingerprint density at radius 3 is 2.38 bits per heavy atom. The Kier molecular flexibility index (Phi) is 6.09. The Balaban J connectivity index is 2.56. The number of hydrogen-bond donors (Lipinski definition) is 1. The molecule has 0 radical (unpaired) electrons. The SMILES string of the molecule is CCNC(c1ccc(Cl)cc1Br)c1ccc(Br)c(Cl)c1F. The van der Waals surface area contributed by atoms with Crippen LogP contribution in [0.3, 0.4) is 0 Å². The molecule has 2 aromatic rings. The molecule has 0 saturated heterocycles. The van der Waals surface area contributed by atoms with Gasteiger partial charge in [-0.05, 0) is 46.2 Å². The molecular formula is C15H12Br2Cl2FN. The highest BCUT2D eigenvalue weighted by Crippen LogP contribution is 2.36. The summed E-state index contributed by atoms with van der Waals surface area (Å²) >= 11 is 18.7. The van der Waals surface area contributed by atoms with Gasteiger partial charge in [0.2, 0.25) is 0 Å². The van der Waals surface area contributed by atoms with Crippen LogP contribution in [0.4, 0.5) is 4.39 Å². The van der Waals surface area contributed by atoms with Crippen molar-refractivity contribution in [3.63, 3.8) is 0 Å². The minimum atomic E-state index is -0.432. The number of benzene rings is 2. The molecule has 21 heavy (non-hydrogen) atoms. The molecule has 0 aliphatic rings. The number of halogens is 5. The van der Waals surface area contributed by atoms with E-state index in [9.17, 15) is 4.39 Å². The molecule has 0 saturated carbocycles. The van der Waals surface area contributed by atoms with Crippen LogP contribution in [0.25, 0.3) is 0 Å². The molecule has 0 bridgehead atoms. The second-order valence-corrected chi connectivity index (χ2v) is 6.94. The van der Waals surface area contributed by atoms with Crippen LogP contribution in [0.5, 0.6) is 0 Å². The first kappa shape index (κ1) is 17.2. The van der Waals surface area contributed by atoms with E-state index in [1.165, 1.54) is 0 Å². The molecule has 2 rings (SSSR count). The summed E-state index contributed by atoms with van der Waals surface area (Å²) in [6, 6.07) is 8.60. The lowest BCUT2D eigenvalue weighted by Gasteiger charge is -2.21. The van der Waals surface area contributed by atoms with Crippen molar-refractivity contribution in [1.82, 2.24) is 5.32 Å². The molecule has 0 heterocycles. The van der Waals surface area contributed by atoms with Gasteiger partial charge in [-0.15, -0.1) is 0 Å². The Morgan fingerprint density at radius 1 is 1.10 bits per heavy atom. The Bertz CT molecular complexity index is 664. The zero-order valence-corrected chi connectivity index (χ0v) is 15.7. The second-order valence-electron chi connectivity index (χ2n) is 4.42. The number of rotatable bonds is 4. The minimum absolute atomic E-state index is 0.0838. The van der Waals surface area contributed by atoms with E-state index < -0.39 is 5.82 Å². The first-order valence-electron chi connectivity index (χ1n) is 6.27. The summed E-state index contributed by atoms with van der Waals surface area (Å²) < 4.78 is 15.8. The van der Waals surface area contributed by atoms with Crippen LogP contribution in [0.1, 0.15) is 24.1 Å². The molecule has 112 valence electrons. The van der Waals surface area contributed by atoms with E-state index in [-0.39, 0.29) is 11.1 Å². The van der Waals surface area contributed by atoms with Crippen molar-refractivity contribution in [1.29, 1.82) is 0 Å². The number of nitrogens with one attached hydrogen (secondary N) is 1. The topological polar surface area (TPSA) is 12.0 Å². The van der Waals surface area contributed by atoms with Crippen LogP contribution in [0.2, 0.25) is 10.0 Å². The molecule has 1 nitrogen and oxygen atoms in total. The van der Waals surface area contributed by atoms with Crippen LogP contribution in [-0.4, -0.2) is 6.54 Å². The van der Waals surface area contributed by atoms with Crippen LogP contribution < -0.4 is 5.32 Å². The van der Waals surface area contributed by atoms with Gasteiger partial charge in [0, 0.05) is 19.5 Å². The average molecular weight is 456 g/mol. The van der Waals surface area contributed by atoms with E-state index in [2.05, 4.69) is 37.2 Å². The third-order valence-corrected chi connectivity index (χ3v) is 5.24. The summed E-state index contributed by atoms with van der Waals surface area (Å²) in [5, 5.41) is 3.98. The summed E-state index contributed by atoms with van der Waals surface area (Å²) in [7, 11) is 0. The lowest BCUT2D eigenvalue weighted by molar-refractivity contribution is 0.558. The molecule has 0 amide bonds. The molecule has 1 atom stereocenters. The van der Waals surface area contributed by atoms with Gasteiger partial charge >= 0.3 is 0 Å². The van der Waals surface area contributed by atoms with Crippen LogP contribution in [-0.2, 0) is 0 Å². The van der Waals surface area contributed by atoms with E-state index in [1.807, 2.05) is 13.0 Å². The third kappa shape index (κ3) is 3.80. The fourth-order valence-electron chi connectivity index (χ4n) is 2.09. The first-order chi connectivity index (χ1) is 9.95. The quantitative estimate of drug-likeness (QED) is 0.529. The average Bonchev–Trinajstić information content (AvgIpc) is 2.44. The van der Waals surface area contributed by atoms with Gasteiger partial charge in [-0.1, -0.05) is 58.2 Å². The second kappa shape index (κ2) is 7.42. The van der Waals surface area contributed by atoms with E-state index in [0.717, 1.165) is 10.0 Å². The summed E-state index contributed by atoms with van der Waals surface area (Å²) in [6.07, 6.45) is 0. The zero-order valence-electron chi connectivity index (χ0n) is 11.1. The molecule has 0 aromatic heterocycles. The van der Waals surface area contributed by atoms with Gasteiger partial charge in [0.05, 0.1) is 11.1 Å². The largest absolute Gasteiger partial charge is 0.306 e. The van der Waals surface area contributed by atoms with Crippen LogP contribution >= 0.6 is 55.1 Å². The summed E-state index contributed by atoms with van der Waals surface area (Å²) in [5.74, 6) is -0.432. The van der Waals surface area contributed by atoms with Crippen molar-refractivity contribution in [2.75, 3.05) is 6.54 Å². The van der Waals surface area contributed by atoms with Crippen LogP contribution in [0, 0.1) is 5.82 Å². The molecule has 0 spiro atoms. The Labute approximate surface area is 150 Å². The fourth-order valence-corrected chi connectivity index (χ4v) is 3.48. The summed E-state index contributed by atoms with van der Waals surface area (Å²) in [6.45, 7) is 2.65. The van der Waals surface area contributed by atoms with Crippen molar-refractivity contribution in [2.45, 2.75) is 13.0 Å². The summed E-state index contributed by atoms with van der Waals surface area (Å²) in [4.78, 5) is 0. The van der Waals surface area contributed by atoms with Crippen molar-refractivity contribution >= 4 is 55.1 Å². The van der Waals surface area contributed by atoms with Gasteiger partial charge < -0.3 is 5.32 Å². The third-order valence-electron chi connectivity index (χ3n) is 3.06. The highest BCUT2D eigenvalue weighted by Gasteiger charge is 2.22. The maximum Gasteiger partial charge on any atom is 0.148 e. The van der Waals surface area contributed by atoms with E-state index in [1.54, 1.807) is 24.3 Å². The molecule has 2 aromatic carbocycles. The lowest BCUT2D eigenvalue weighted by Crippen LogP contribution is -2.23. The van der Waals surface area contributed by atoms with Gasteiger partial charge in [0.25, 0.3) is 0 Å². The van der Waals surface area contributed by atoms with E-state index >= 15 is 0 Å². The first-order valence-corrected chi connectivity index (χ1v) is 8.61. The monoisotopic (exact) mass is 453 g/mol. The maximum absolute atomic E-state index is 14.5. The Morgan fingerprint density at radius 2 is 1.76 bits per heavy atom. The van der Waals surface area contributed by atoms with Gasteiger partial charge in [-0.2, -0.15) is 0 Å². The normalized spacial score (nSPS) is 12.5. The van der Waals surface area contributed by atoms with Crippen molar-refractivity contribution in [3.05, 3.63) is 66.3 Å². The summed E-state index contributed by atoms with van der Waals surface area (Å²) in [5.41, 5.74) is 1.40. The molecule has 0 aliphatic heterocycles. The molecule has 0 fully saturated rings. The van der Waals surface area contributed by atoms with Gasteiger partial charge in [-0.3, -0.25) is 0 Å². The molecular weight excluding hydrogens is 444 g/mol. The molecule has 6 heteroatoms. The van der Waals surface area contributed by atoms with Gasteiger partial charge in [-0.25, -0.2) is 4.39 Å². The highest BCUT2D eigenvalue weighted by molar-refractivity contribution is 9.10.